The quantitative estimate of drug-likeness (QED) is 0.162. The van der Waals surface area contributed by atoms with Crippen molar-refractivity contribution in [2.45, 2.75) is 154 Å². The maximum Gasteiger partial charge on any atom is 0.250 e. The van der Waals surface area contributed by atoms with E-state index in [4.69, 9.17) is 4.43 Å². The van der Waals surface area contributed by atoms with Crippen LogP contribution >= 0.6 is 0 Å². The highest BCUT2D eigenvalue weighted by molar-refractivity contribution is 6.75. The highest BCUT2D eigenvalue weighted by atomic mass is 28.4. The number of hydrogen-bond acceptors (Lipinski definition) is 1. The zero-order valence-electron chi connectivity index (χ0n) is 23.8. The van der Waals surface area contributed by atoms with Crippen LogP contribution in [0, 0.1) is 5.92 Å². The first-order chi connectivity index (χ1) is 16.2. The van der Waals surface area contributed by atoms with Gasteiger partial charge in [0.2, 0.25) is 8.32 Å². The van der Waals surface area contributed by atoms with Crippen molar-refractivity contribution < 1.29 is 4.43 Å². The summed E-state index contributed by atoms with van der Waals surface area (Å²) in [6, 6.07) is 12.3. The van der Waals surface area contributed by atoms with E-state index < -0.39 is 17.1 Å². The van der Waals surface area contributed by atoms with Crippen molar-refractivity contribution in [3.8, 4) is 5.75 Å². The molecule has 0 atom stereocenters. The van der Waals surface area contributed by atoms with Gasteiger partial charge in [-0.15, -0.1) is 0 Å². The molecule has 0 bridgehead atoms. The molecular weight excluding hydrogens is 445 g/mol. The van der Waals surface area contributed by atoms with Gasteiger partial charge in [0.25, 0.3) is 0 Å². The third-order valence-corrected chi connectivity index (χ3v) is 16.0. The van der Waals surface area contributed by atoms with Gasteiger partial charge < -0.3 is 4.43 Å². The molecule has 1 nitrogen and oxygen atoms in total. The van der Waals surface area contributed by atoms with E-state index in [-0.39, 0.29) is 5.04 Å². The van der Waals surface area contributed by atoms with E-state index in [9.17, 15) is 0 Å². The maximum atomic E-state index is 6.56. The van der Waals surface area contributed by atoms with Crippen LogP contribution in [0.1, 0.15) is 124 Å². The fraction of sp³-hybridized carbons (Fsp3) is 0.806. The molecule has 1 aromatic carbocycles. The van der Waals surface area contributed by atoms with Gasteiger partial charge >= 0.3 is 0 Å². The van der Waals surface area contributed by atoms with Crippen molar-refractivity contribution in [1.82, 2.24) is 0 Å². The molecule has 1 aromatic rings. The average molecular weight is 502 g/mol. The minimum Gasteiger partial charge on any atom is -0.544 e. The van der Waals surface area contributed by atoms with Crippen LogP contribution in [0.4, 0.5) is 0 Å². The normalized spacial score (nSPS) is 15.7. The Labute approximate surface area is 216 Å². The van der Waals surface area contributed by atoms with Gasteiger partial charge in [0.05, 0.1) is 8.80 Å². The lowest BCUT2D eigenvalue weighted by Gasteiger charge is -2.36. The standard InChI is InChI=1S/C31H57OSi2/c1-7-8-9-10-11-17-26-33(27-18-13-16-21-28-19-14-12-15-20-28)30-24-22-29(23-25-30)32-34(5,6)31(2,3)4/h22-25,28H,7-21,26-27H2,1-6H3. The molecule has 1 aliphatic carbocycles. The molecule has 3 heteroatoms. The molecule has 0 aromatic heterocycles. The number of hydrogen-bond donors (Lipinski definition) is 0. The Morgan fingerprint density at radius 3 is 1.94 bits per heavy atom. The highest BCUT2D eigenvalue weighted by Gasteiger charge is 2.38. The monoisotopic (exact) mass is 501 g/mol. The summed E-state index contributed by atoms with van der Waals surface area (Å²) in [4.78, 5) is 0. The van der Waals surface area contributed by atoms with E-state index >= 15 is 0 Å². The summed E-state index contributed by atoms with van der Waals surface area (Å²) < 4.78 is 6.56. The van der Waals surface area contributed by atoms with E-state index in [1.807, 2.05) is 0 Å². The van der Waals surface area contributed by atoms with Crippen molar-refractivity contribution in [3.05, 3.63) is 24.3 Å². The Balaban J connectivity index is 1.86. The molecule has 0 N–H and O–H groups in total. The van der Waals surface area contributed by atoms with Gasteiger partial charge in [0.15, 0.2) is 0 Å². The molecule has 1 saturated carbocycles. The Morgan fingerprint density at radius 2 is 1.35 bits per heavy atom. The summed E-state index contributed by atoms with van der Waals surface area (Å²) in [6.07, 6.45) is 21.8. The van der Waals surface area contributed by atoms with E-state index in [2.05, 4.69) is 65.1 Å². The fourth-order valence-corrected chi connectivity index (χ4v) is 9.01. The molecule has 1 radical (unpaired) electrons. The van der Waals surface area contributed by atoms with E-state index in [0.29, 0.717) is 0 Å². The molecule has 0 unspecified atom stereocenters. The SMILES string of the molecule is CCCCCCCC[Si](CCCCCC1CCCCC1)c1ccc(O[Si](C)(C)C(C)(C)C)cc1. The van der Waals surface area contributed by atoms with Crippen LogP contribution in [0.3, 0.4) is 0 Å². The van der Waals surface area contributed by atoms with Gasteiger partial charge in [-0.25, -0.2) is 0 Å². The van der Waals surface area contributed by atoms with Gasteiger partial charge in [-0.1, -0.05) is 153 Å². The van der Waals surface area contributed by atoms with Crippen molar-refractivity contribution in [3.63, 3.8) is 0 Å². The summed E-state index contributed by atoms with van der Waals surface area (Å²) in [5.41, 5.74) is 0. The summed E-state index contributed by atoms with van der Waals surface area (Å²) in [7, 11) is -2.22. The van der Waals surface area contributed by atoms with E-state index in [0.717, 1.165) is 11.7 Å². The Bertz CT molecular complexity index is 640. The average Bonchev–Trinajstić information content (AvgIpc) is 2.80. The second kappa shape index (κ2) is 15.5. The number of unbranched alkanes of at least 4 members (excludes halogenated alkanes) is 7. The van der Waals surface area contributed by atoms with E-state index in [1.165, 1.54) is 108 Å². The second-order valence-corrected chi connectivity index (χ2v) is 20.1. The molecule has 0 aliphatic heterocycles. The van der Waals surface area contributed by atoms with Crippen molar-refractivity contribution in [2.24, 2.45) is 5.92 Å². The molecule has 0 amide bonds. The van der Waals surface area contributed by atoms with Crippen LogP contribution in [0.15, 0.2) is 24.3 Å². The van der Waals surface area contributed by atoms with Crippen LogP contribution in [-0.2, 0) is 0 Å². The van der Waals surface area contributed by atoms with Crippen LogP contribution in [0.25, 0.3) is 0 Å². The lowest BCUT2D eigenvalue weighted by Crippen LogP contribution is -2.44. The molecule has 1 fully saturated rings. The first-order valence-electron chi connectivity index (χ1n) is 14.9. The van der Waals surface area contributed by atoms with Gasteiger partial charge in [-0.2, -0.15) is 0 Å². The predicted molar refractivity (Wildman–Crippen MR) is 158 cm³/mol. The zero-order valence-corrected chi connectivity index (χ0v) is 25.8. The molecule has 34 heavy (non-hydrogen) atoms. The third kappa shape index (κ3) is 11.0. The summed E-state index contributed by atoms with van der Waals surface area (Å²) in [6.45, 7) is 14.0. The Morgan fingerprint density at radius 1 is 0.794 bits per heavy atom. The van der Waals surface area contributed by atoms with Crippen LogP contribution in [0.2, 0.25) is 30.2 Å². The lowest BCUT2D eigenvalue weighted by molar-refractivity contribution is 0.329. The third-order valence-electron chi connectivity index (χ3n) is 8.59. The van der Waals surface area contributed by atoms with Crippen LogP contribution in [-0.4, -0.2) is 17.1 Å². The zero-order chi connectivity index (χ0) is 24.9. The molecule has 195 valence electrons. The lowest BCUT2D eigenvalue weighted by atomic mass is 9.86. The number of rotatable bonds is 16. The van der Waals surface area contributed by atoms with Gasteiger partial charge in [-0.05, 0) is 36.2 Å². The summed E-state index contributed by atoms with van der Waals surface area (Å²) in [5, 5.41) is 1.89. The summed E-state index contributed by atoms with van der Waals surface area (Å²) >= 11 is 0. The molecule has 2 rings (SSSR count). The first-order valence-corrected chi connectivity index (χ1v) is 19.7. The summed E-state index contributed by atoms with van der Waals surface area (Å²) in [5.74, 6) is 2.14. The van der Waals surface area contributed by atoms with Gasteiger partial charge in [0.1, 0.15) is 5.75 Å². The molecule has 0 heterocycles. The van der Waals surface area contributed by atoms with Crippen molar-refractivity contribution >= 4 is 22.3 Å². The second-order valence-electron chi connectivity index (χ2n) is 12.6. The first kappa shape index (κ1) is 29.7. The van der Waals surface area contributed by atoms with Crippen molar-refractivity contribution in [2.75, 3.05) is 0 Å². The van der Waals surface area contributed by atoms with Crippen molar-refractivity contribution in [1.29, 1.82) is 0 Å². The van der Waals surface area contributed by atoms with Crippen LogP contribution < -0.4 is 9.61 Å². The Kier molecular flexibility index (Phi) is 13.6. The van der Waals surface area contributed by atoms with Gasteiger partial charge in [-0.3, -0.25) is 0 Å². The minimum absolute atomic E-state index is 0.246. The fourth-order valence-electron chi connectivity index (χ4n) is 5.16. The molecular formula is C31H57OSi2. The van der Waals surface area contributed by atoms with E-state index in [1.54, 1.807) is 5.19 Å². The Hall–Kier alpha value is -0.546. The van der Waals surface area contributed by atoms with Gasteiger partial charge in [0, 0.05) is 0 Å². The maximum absolute atomic E-state index is 6.56. The largest absolute Gasteiger partial charge is 0.544 e. The molecule has 0 saturated heterocycles. The number of benzene rings is 1. The predicted octanol–water partition coefficient (Wildman–Crippen LogP) is 10.3. The van der Waals surface area contributed by atoms with Crippen LogP contribution in [0.5, 0.6) is 5.75 Å². The highest BCUT2D eigenvalue weighted by Crippen LogP contribution is 2.37. The molecule has 1 aliphatic rings. The minimum atomic E-state index is -1.76. The topological polar surface area (TPSA) is 9.23 Å². The molecule has 0 spiro atoms. The smallest absolute Gasteiger partial charge is 0.250 e.